The van der Waals surface area contributed by atoms with Crippen LogP contribution in [0.4, 0.5) is 17.6 Å². The van der Waals surface area contributed by atoms with Gasteiger partial charge in [0.1, 0.15) is 5.82 Å². The summed E-state index contributed by atoms with van der Waals surface area (Å²) in [5.74, 6) is -3.22. The number of benzene rings is 2. The van der Waals surface area contributed by atoms with Crippen molar-refractivity contribution in [2.24, 2.45) is 0 Å². The van der Waals surface area contributed by atoms with Crippen LogP contribution < -0.4 is 5.32 Å². The summed E-state index contributed by atoms with van der Waals surface area (Å²) in [6.07, 6.45) is -4.03. The molecule has 1 N–H and O–H groups in total. The Balaban J connectivity index is 1.46. The Morgan fingerprint density at radius 2 is 1.89 bits per heavy atom. The van der Waals surface area contributed by atoms with Gasteiger partial charge in [-0.2, -0.15) is 18.2 Å². The molecule has 0 aliphatic heterocycles. The second-order valence-corrected chi connectivity index (χ2v) is 6.45. The number of halogens is 4. The Hall–Kier alpha value is -3.23. The maximum absolute atomic E-state index is 14.3. The van der Waals surface area contributed by atoms with Crippen LogP contribution in [0.15, 0.2) is 53.1 Å². The second kappa shape index (κ2) is 6.74. The van der Waals surface area contributed by atoms with Crippen molar-refractivity contribution in [2.75, 3.05) is 0 Å². The van der Waals surface area contributed by atoms with E-state index in [1.807, 2.05) is 30.3 Å². The lowest BCUT2D eigenvalue weighted by molar-refractivity contribution is -0.159. The molecule has 1 amide bonds. The number of hydrogen-bond acceptors (Lipinski definition) is 4. The van der Waals surface area contributed by atoms with Gasteiger partial charge in [-0.15, -0.1) is 0 Å². The van der Waals surface area contributed by atoms with Gasteiger partial charge in [-0.05, 0) is 24.1 Å². The SMILES string of the molecule is O=C(NC1CC1c1ccccc1)c1ccc(-c2noc(C(F)(F)F)n2)cc1F. The average molecular weight is 391 g/mol. The van der Waals surface area contributed by atoms with Gasteiger partial charge in [-0.1, -0.05) is 41.6 Å². The van der Waals surface area contributed by atoms with E-state index >= 15 is 0 Å². The molecule has 1 saturated carbocycles. The highest BCUT2D eigenvalue weighted by Gasteiger charge is 2.40. The molecule has 1 fully saturated rings. The van der Waals surface area contributed by atoms with Gasteiger partial charge < -0.3 is 9.84 Å². The largest absolute Gasteiger partial charge is 0.471 e. The number of nitrogens with zero attached hydrogens (tertiary/aromatic N) is 2. The number of alkyl halides is 3. The summed E-state index contributed by atoms with van der Waals surface area (Å²) in [6, 6.07) is 12.9. The van der Waals surface area contributed by atoms with Crippen molar-refractivity contribution in [1.82, 2.24) is 15.5 Å². The summed E-state index contributed by atoms with van der Waals surface area (Å²) >= 11 is 0. The van der Waals surface area contributed by atoms with E-state index in [1.165, 1.54) is 12.1 Å². The monoisotopic (exact) mass is 391 g/mol. The molecule has 2 unspecified atom stereocenters. The molecule has 0 saturated heterocycles. The third-order valence-corrected chi connectivity index (χ3v) is 4.48. The summed E-state index contributed by atoms with van der Waals surface area (Å²) in [5, 5.41) is 5.96. The lowest BCUT2D eigenvalue weighted by Gasteiger charge is -2.07. The quantitative estimate of drug-likeness (QED) is 0.678. The Labute approximate surface area is 156 Å². The molecule has 5 nitrogen and oxygen atoms in total. The molecule has 1 heterocycles. The van der Waals surface area contributed by atoms with Crippen LogP contribution in [-0.2, 0) is 6.18 Å². The lowest BCUT2D eigenvalue weighted by atomic mass is 10.1. The van der Waals surface area contributed by atoms with E-state index in [0.717, 1.165) is 18.1 Å². The molecule has 28 heavy (non-hydrogen) atoms. The fraction of sp³-hybridized carbons (Fsp3) is 0.211. The number of rotatable bonds is 4. The Kier molecular flexibility index (Phi) is 4.37. The fourth-order valence-electron chi connectivity index (χ4n) is 2.96. The first-order chi connectivity index (χ1) is 13.3. The van der Waals surface area contributed by atoms with Gasteiger partial charge >= 0.3 is 12.1 Å². The molecule has 2 atom stereocenters. The first kappa shape index (κ1) is 18.1. The van der Waals surface area contributed by atoms with E-state index in [9.17, 15) is 22.4 Å². The summed E-state index contributed by atoms with van der Waals surface area (Å²) in [4.78, 5) is 15.5. The van der Waals surface area contributed by atoms with Crippen molar-refractivity contribution in [3.8, 4) is 11.4 Å². The van der Waals surface area contributed by atoms with Crippen molar-refractivity contribution in [2.45, 2.75) is 24.6 Å². The molecule has 1 aromatic heterocycles. The lowest BCUT2D eigenvalue weighted by Crippen LogP contribution is -2.27. The molecule has 2 aromatic carbocycles. The average Bonchev–Trinajstić information content (AvgIpc) is 3.22. The number of aromatic nitrogens is 2. The number of carbonyl (C=O) groups excluding carboxylic acids is 1. The van der Waals surface area contributed by atoms with E-state index in [1.54, 1.807) is 0 Å². The van der Waals surface area contributed by atoms with Gasteiger partial charge in [0, 0.05) is 17.5 Å². The smallest absolute Gasteiger partial charge is 0.349 e. The minimum absolute atomic E-state index is 0.0260. The van der Waals surface area contributed by atoms with Gasteiger partial charge in [-0.25, -0.2) is 4.39 Å². The topological polar surface area (TPSA) is 68.0 Å². The van der Waals surface area contributed by atoms with E-state index in [0.29, 0.717) is 0 Å². The van der Waals surface area contributed by atoms with Crippen molar-refractivity contribution in [3.63, 3.8) is 0 Å². The highest BCUT2D eigenvalue weighted by Crippen LogP contribution is 2.40. The van der Waals surface area contributed by atoms with E-state index in [-0.39, 0.29) is 23.1 Å². The molecule has 4 rings (SSSR count). The Morgan fingerprint density at radius 3 is 2.54 bits per heavy atom. The van der Waals surface area contributed by atoms with Crippen LogP contribution >= 0.6 is 0 Å². The maximum Gasteiger partial charge on any atom is 0.471 e. The molecule has 0 bridgehead atoms. The molecule has 1 aliphatic rings. The van der Waals surface area contributed by atoms with Gasteiger partial charge in [0.15, 0.2) is 0 Å². The zero-order valence-electron chi connectivity index (χ0n) is 14.2. The molecular formula is C19H13F4N3O2. The van der Waals surface area contributed by atoms with E-state index in [4.69, 9.17) is 0 Å². The molecule has 9 heteroatoms. The van der Waals surface area contributed by atoms with Gasteiger partial charge in [0.25, 0.3) is 5.91 Å². The van der Waals surface area contributed by atoms with Crippen molar-refractivity contribution < 1.29 is 26.9 Å². The van der Waals surface area contributed by atoms with E-state index < -0.39 is 29.6 Å². The molecule has 1 aliphatic carbocycles. The molecule has 0 radical (unpaired) electrons. The third kappa shape index (κ3) is 3.60. The van der Waals surface area contributed by atoms with Crippen LogP contribution in [0.3, 0.4) is 0 Å². The van der Waals surface area contributed by atoms with Crippen LogP contribution in [0.2, 0.25) is 0 Å². The maximum atomic E-state index is 14.3. The van der Waals surface area contributed by atoms with Crippen LogP contribution in [0.5, 0.6) is 0 Å². The number of amides is 1. The Bertz CT molecular complexity index is 1020. The van der Waals surface area contributed by atoms with Crippen molar-refractivity contribution in [1.29, 1.82) is 0 Å². The summed E-state index contributed by atoms with van der Waals surface area (Å²) < 4.78 is 56.1. The summed E-state index contributed by atoms with van der Waals surface area (Å²) in [7, 11) is 0. The van der Waals surface area contributed by atoms with Gasteiger partial charge in [-0.3, -0.25) is 4.79 Å². The van der Waals surface area contributed by atoms with Crippen LogP contribution in [-0.4, -0.2) is 22.1 Å². The minimum Gasteiger partial charge on any atom is -0.349 e. The standard InChI is InChI=1S/C19H13F4N3O2/c20-14-8-11(16-25-18(28-26-16)19(21,22)23)6-7-12(14)17(27)24-15-9-13(15)10-4-2-1-3-5-10/h1-8,13,15H,9H2,(H,24,27). The van der Waals surface area contributed by atoms with Crippen LogP contribution in [0, 0.1) is 5.82 Å². The predicted molar refractivity (Wildman–Crippen MR) is 89.7 cm³/mol. The first-order valence-electron chi connectivity index (χ1n) is 8.39. The van der Waals surface area contributed by atoms with Crippen molar-refractivity contribution >= 4 is 5.91 Å². The molecule has 3 aromatic rings. The van der Waals surface area contributed by atoms with E-state index in [2.05, 4.69) is 20.0 Å². The zero-order valence-corrected chi connectivity index (χ0v) is 14.2. The molecule has 144 valence electrons. The molecule has 0 spiro atoms. The van der Waals surface area contributed by atoms with Gasteiger partial charge in [0.2, 0.25) is 5.82 Å². The van der Waals surface area contributed by atoms with Crippen LogP contribution in [0.1, 0.15) is 34.2 Å². The second-order valence-electron chi connectivity index (χ2n) is 6.45. The highest BCUT2D eigenvalue weighted by molar-refractivity contribution is 5.95. The number of nitrogens with one attached hydrogen (secondary N) is 1. The summed E-state index contributed by atoms with van der Waals surface area (Å²) in [6.45, 7) is 0. The number of carbonyl (C=O) groups is 1. The molecular weight excluding hydrogens is 378 g/mol. The minimum atomic E-state index is -4.79. The van der Waals surface area contributed by atoms with Crippen LogP contribution in [0.25, 0.3) is 11.4 Å². The van der Waals surface area contributed by atoms with Gasteiger partial charge in [0.05, 0.1) is 5.56 Å². The zero-order chi connectivity index (χ0) is 19.9. The predicted octanol–water partition coefficient (Wildman–Crippen LogP) is 4.18. The third-order valence-electron chi connectivity index (χ3n) is 4.48. The number of hydrogen-bond donors (Lipinski definition) is 1. The fourth-order valence-corrected chi connectivity index (χ4v) is 2.96. The Morgan fingerprint density at radius 1 is 1.14 bits per heavy atom. The highest BCUT2D eigenvalue weighted by atomic mass is 19.4. The normalized spacial score (nSPS) is 18.7. The summed E-state index contributed by atoms with van der Waals surface area (Å²) in [5.41, 5.74) is 0.866. The first-order valence-corrected chi connectivity index (χ1v) is 8.39. The van der Waals surface area contributed by atoms with Crippen molar-refractivity contribution in [3.05, 3.63) is 71.4 Å².